The van der Waals surface area contributed by atoms with Crippen LogP contribution in [0.1, 0.15) is 40.5 Å². The van der Waals surface area contributed by atoms with E-state index in [1.165, 1.54) is 10.6 Å². The van der Waals surface area contributed by atoms with Crippen molar-refractivity contribution in [3.05, 3.63) is 0 Å². The molecule has 1 aliphatic carbocycles. The summed E-state index contributed by atoms with van der Waals surface area (Å²) in [5.74, 6) is -1.56. The SMILES string of the molecule is CC1(C)C(C)(C)C1(C(=O)O)C(=O)NC1CCN(S(C)(=O)=O)CC1. The van der Waals surface area contributed by atoms with Crippen LogP contribution in [0.2, 0.25) is 0 Å². The predicted molar refractivity (Wildman–Crippen MR) is 85.2 cm³/mol. The molecule has 0 aromatic heterocycles. The van der Waals surface area contributed by atoms with Crippen molar-refractivity contribution in [2.75, 3.05) is 19.3 Å². The Bertz CT molecular complexity index is 616. The minimum Gasteiger partial charge on any atom is -0.480 e. The molecule has 0 atom stereocenters. The number of hydrogen-bond acceptors (Lipinski definition) is 4. The zero-order chi connectivity index (χ0) is 17.8. The van der Waals surface area contributed by atoms with Crippen LogP contribution < -0.4 is 5.32 Å². The van der Waals surface area contributed by atoms with Crippen molar-refractivity contribution in [1.82, 2.24) is 9.62 Å². The Balaban J connectivity index is 2.08. The number of nitrogens with zero attached hydrogens (tertiary/aromatic N) is 1. The standard InChI is InChI=1S/C15H26N2O5S/c1-13(2)14(3,4)15(13,12(19)20)11(18)16-10-6-8-17(9-7-10)23(5,21)22/h10H,6-9H2,1-5H3,(H,16,18)(H,19,20). The number of nitrogens with one attached hydrogen (secondary N) is 1. The fourth-order valence-electron chi connectivity index (χ4n) is 4.14. The van der Waals surface area contributed by atoms with Gasteiger partial charge in [-0.25, -0.2) is 12.7 Å². The highest BCUT2D eigenvalue weighted by Gasteiger charge is 2.85. The summed E-state index contributed by atoms with van der Waals surface area (Å²) in [5.41, 5.74) is -2.71. The maximum absolute atomic E-state index is 12.7. The van der Waals surface area contributed by atoms with Gasteiger partial charge in [0.2, 0.25) is 15.9 Å². The molecule has 2 N–H and O–H groups in total. The Labute approximate surface area is 137 Å². The summed E-state index contributed by atoms with van der Waals surface area (Å²) >= 11 is 0. The van der Waals surface area contributed by atoms with Crippen LogP contribution in [-0.4, -0.2) is 55.1 Å². The first-order chi connectivity index (χ1) is 10.3. The van der Waals surface area contributed by atoms with Crippen LogP contribution in [0.25, 0.3) is 0 Å². The zero-order valence-corrected chi connectivity index (χ0v) is 15.2. The number of carboxylic acid groups (broad SMARTS) is 1. The molecule has 0 aromatic carbocycles. The second-order valence-electron chi connectivity index (χ2n) is 7.71. The fourth-order valence-corrected chi connectivity index (χ4v) is 5.01. The smallest absolute Gasteiger partial charge is 0.320 e. The van der Waals surface area contributed by atoms with E-state index in [-0.39, 0.29) is 6.04 Å². The summed E-state index contributed by atoms with van der Waals surface area (Å²) in [6, 6.07) is -0.191. The molecule has 8 heteroatoms. The molecule has 0 spiro atoms. The molecule has 23 heavy (non-hydrogen) atoms. The monoisotopic (exact) mass is 346 g/mol. The highest BCUT2D eigenvalue weighted by Crippen LogP contribution is 2.77. The summed E-state index contributed by atoms with van der Waals surface area (Å²) in [4.78, 5) is 24.6. The van der Waals surface area contributed by atoms with Gasteiger partial charge in [-0.15, -0.1) is 0 Å². The molecule has 0 unspecified atom stereocenters. The molecular formula is C15H26N2O5S. The molecule has 1 saturated heterocycles. The van der Waals surface area contributed by atoms with Crippen LogP contribution in [0.5, 0.6) is 0 Å². The molecule has 7 nitrogen and oxygen atoms in total. The van der Waals surface area contributed by atoms with Crippen molar-refractivity contribution in [3.8, 4) is 0 Å². The second kappa shape index (κ2) is 5.17. The maximum atomic E-state index is 12.7. The van der Waals surface area contributed by atoms with Gasteiger partial charge in [0.25, 0.3) is 0 Å². The first kappa shape index (κ1) is 18.2. The number of sulfonamides is 1. The Morgan fingerprint density at radius 3 is 1.83 bits per heavy atom. The summed E-state index contributed by atoms with van der Waals surface area (Å²) in [5, 5.41) is 12.5. The van der Waals surface area contributed by atoms with E-state index in [2.05, 4.69) is 5.32 Å². The molecule has 2 rings (SSSR count). The second-order valence-corrected chi connectivity index (χ2v) is 9.70. The van der Waals surface area contributed by atoms with Gasteiger partial charge in [-0.1, -0.05) is 27.7 Å². The number of amides is 1. The third kappa shape index (κ3) is 2.38. The van der Waals surface area contributed by atoms with Crippen molar-refractivity contribution in [1.29, 1.82) is 0 Å². The quantitative estimate of drug-likeness (QED) is 0.728. The average molecular weight is 346 g/mol. The molecule has 0 aromatic rings. The lowest BCUT2D eigenvalue weighted by Gasteiger charge is -2.31. The summed E-state index contributed by atoms with van der Waals surface area (Å²) in [6.45, 7) is 7.88. The lowest BCUT2D eigenvalue weighted by atomic mass is 9.92. The number of piperidine rings is 1. The van der Waals surface area contributed by atoms with Gasteiger partial charge in [-0.05, 0) is 23.7 Å². The Kier molecular flexibility index (Phi) is 4.09. The van der Waals surface area contributed by atoms with Crippen molar-refractivity contribution in [2.45, 2.75) is 46.6 Å². The van der Waals surface area contributed by atoms with Gasteiger partial charge in [0.15, 0.2) is 5.41 Å². The van der Waals surface area contributed by atoms with Crippen LogP contribution in [0.15, 0.2) is 0 Å². The number of carbonyl (C=O) groups excluding carboxylic acids is 1. The Morgan fingerprint density at radius 2 is 1.52 bits per heavy atom. The largest absolute Gasteiger partial charge is 0.480 e. The minimum atomic E-state index is -3.22. The molecule has 2 fully saturated rings. The lowest BCUT2D eigenvalue weighted by Crippen LogP contribution is -2.50. The van der Waals surface area contributed by atoms with E-state index in [1.807, 2.05) is 0 Å². The molecule has 0 radical (unpaired) electrons. The molecule has 1 aliphatic heterocycles. The molecular weight excluding hydrogens is 320 g/mol. The van der Waals surface area contributed by atoms with E-state index >= 15 is 0 Å². The van der Waals surface area contributed by atoms with E-state index in [4.69, 9.17) is 0 Å². The summed E-state index contributed by atoms with van der Waals surface area (Å²) in [6.07, 6.45) is 2.16. The fraction of sp³-hybridized carbons (Fsp3) is 0.867. The number of hydrogen-bond donors (Lipinski definition) is 2. The van der Waals surface area contributed by atoms with E-state index < -0.39 is 38.1 Å². The highest BCUT2D eigenvalue weighted by atomic mass is 32.2. The van der Waals surface area contributed by atoms with Crippen molar-refractivity contribution >= 4 is 21.9 Å². The van der Waals surface area contributed by atoms with Crippen LogP contribution >= 0.6 is 0 Å². The van der Waals surface area contributed by atoms with Gasteiger partial charge in [0.1, 0.15) is 0 Å². The summed E-state index contributed by atoms with van der Waals surface area (Å²) < 4.78 is 24.4. The summed E-state index contributed by atoms with van der Waals surface area (Å²) in [7, 11) is -3.22. The zero-order valence-electron chi connectivity index (χ0n) is 14.3. The normalized spacial score (nSPS) is 26.5. The first-order valence-corrected chi connectivity index (χ1v) is 9.64. The van der Waals surface area contributed by atoms with Crippen LogP contribution in [0.4, 0.5) is 0 Å². The average Bonchev–Trinajstić information content (AvgIpc) is 2.75. The van der Waals surface area contributed by atoms with E-state index in [1.54, 1.807) is 27.7 Å². The van der Waals surface area contributed by atoms with Gasteiger partial charge >= 0.3 is 5.97 Å². The van der Waals surface area contributed by atoms with Gasteiger partial charge in [0.05, 0.1) is 6.26 Å². The molecule has 2 aliphatic rings. The van der Waals surface area contributed by atoms with Crippen LogP contribution in [-0.2, 0) is 19.6 Å². The lowest BCUT2D eigenvalue weighted by molar-refractivity contribution is -0.152. The topological polar surface area (TPSA) is 104 Å². The minimum absolute atomic E-state index is 0.191. The molecule has 1 heterocycles. The third-order valence-corrected chi connectivity index (χ3v) is 7.60. The van der Waals surface area contributed by atoms with E-state index in [0.29, 0.717) is 25.9 Å². The Morgan fingerprint density at radius 1 is 1.09 bits per heavy atom. The number of carboxylic acids is 1. The molecule has 1 saturated carbocycles. The van der Waals surface area contributed by atoms with Gasteiger partial charge in [-0.3, -0.25) is 9.59 Å². The van der Waals surface area contributed by atoms with Gasteiger partial charge < -0.3 is 10.4 Å². The first-order valence-electron chi connectivity index (χ1n) is 7.79. The molecule has 0 bridgehead atoms. The van der Waals surface area contributed by atoms with E-state index in [9.17, 15) is 23.1 Å². The van der Waals surface area contributed by atoms with Crippen LogP contribution in [0.3, 0.4) is 0 Å². The predicted octanol–water partition coefficient (Wildman–Crippen LogP) is 0.664. The molecule has 1 amide bonds. The highest BCUT2D eigenvalue weighted by molar-refractivity contribution is 7.88. The number of aliphatic carboxylic acids is 1. The van der Waals surface area contributed by atoms with Crippen molar-refractivity contribution in [2.24, 2.45) is 16.2 Å². The number of carbonyl (C=O) groups is 2. The third-order valence-electron chi connectivity index (χ3n) is 6.29. The van der Waals surface area contributed by atoms with Gasteiger partial charge in [-0.2, -0.15) is 0 Å². The maximum Gasteiger partial charge on any atom is 0.320 e. The van der Waals surface area contributed by atoms with Gasteiger partial charge in [0, 0.05) is 19.1 Å². The van der Waals surface area contributed by atoms with E-state index in [0.717, 1.165) is 0 Å². The van der Waals surface area contributed by atoms with Crippen molar-refractivity contribution in [3.63, 3.8) is 0 Å². The molecule has 132 valence electrons. The number of rotatable bonds is 4. The Hall–Kier alpha value is -1.15. The van der Waals surface area contributed by atoms with Crippen LogP contribution in [0, 0.1) is 16.2 Å². The van der Waals surface area contributed by atoms with Crippen molar-refractivity contribution < 1.29 is 23.1 Å².